The Morgan fingerprint density at radius 2 is 1.73 bits per heavy atom. The predicted molar refractivity (Wildman–Crippen MR) is 109 cm³/mol. The molecule has 0 atom stereocenters. The maximum atomic E-state index is 12.7. The molecule has 0 N–H and O–H groups in total. The van der Waals surface area contributed by atoms with Gasteiger partial charge in [0.2, 0.25) is 11.2 Å². The molecule has 2 aromatic carbocycles. The van der Waals surface area contributed by atoms with Gasteiger partial charge in [0.05, 0.1) is 17.6 Å². The molecule has 8 heteroatoms. The standard InChI is InChI=1S/C22H21NO7/c1-4-11-27-21(25)14-5-7-15(8-6-14)29-19-13-28-18-12-16(30-22(26)23(2)3)9-10-17(18)20(19)24/h5-10,12-13H,4,11H2,1-3H3. The van der Waals surface area contributed by atoms with Crippen LogP contribution in [0, 0.1) is 0 Å². The number of benzene rings is 2. The normalized spacial score (nSPS) is 10.5. The molecule has 8 nitrogen and oxygen atoms in total. The molecule has 0 bridgehead atoms. The van der Waals surface area contributed by atoms with Gasteiger partial charge in [-0.15, -0.1) is 0 Å². The molecule has 0 saturated carbocycles. The Labute approximate surface area is 172 Å². The molecule has 3 aromatic rings. The molecule has 0 spiro atoms. The average molecular weight is 411 g/mol. The molecule has 156 valence electrons. The van der Waals surface area contributed by atoms with E-state index in [4.69, 9.17) is 18.6 Å². The maximum Gasteiger partial charge on any atom is 0.414 e. The predicted octanol–water partition coefficient (Wildman–Crippen LogP) is 4.21. The van der Waals surface area contributed by atoms with Crippen LogP contribution in [0.15, 0.2) is 57.9 Å². The highest BCUT2D eigenvalue weighted by Crippen LogP contribution is 2.24. The monoisotopic (exact) mass is 411 g/mol. The van der Waals surface area contributed by atoms with E-state index >= 15 is 0 Å². The molecule has 3 rings (SSSR count). The Morgan fingerprint density at radius 3 is 2.40 bits per heavy atom. The number of nitrogens with zero attached hydrogens (tertiary/aromatic N) is 1. The summed E-state index contributed by atoms with van der Waals surface area (Å²) in [7, 11) is 3.13. The van der Waals surface area contributed by atoms with E-state index in [9.17, 15) is 14.4 Å². The van der Waals surface area contributed by atoms with E-state index in [0.717, 1.165) is 6.42 Å². The van der Waals surface area contributed by atoms with Gasteiger partial charge in [-0.25, -0.2) is 9.59 Å². The average Bonchev–Trinajstić information content (AvgIpc) is 2.74. The summed E-state index contributed by atoms with van der Waals surface area (Å²) in [6, 6.07) is 10.7. The first-order chi connectivity index (χ1) is 14.4. The first kappa shape index (κ1) is 20.9. The Bertz CT molecular complexity index is 1120. The minimum atomic E-state index is -0.543. The van der Waals surface area contributed by atoms with Crippen molar-refractivity contribution in [3.63, 3.8) is 0 Å². The second kappa shape index (κ2) is 9.13. The van der Waals surface area contributed by atoms with Crippen molar-refractivity contribution in [1.29, 1.82) is 0 Å². The van der Waals surface area contributed by atoms with Crippen LogP contribution in [-0.4, -0.2) is 37.7 Å². The highest BCUT2D eigenvalue weighted by molar-refractivity contribution is 5.89. The molecular formula is C22H21NO7. The summed E-state index contributed by atoms with van der Waals surface area (Å²) >= 11 is 0. The Morgan fingerprint density at radius 1 is 1.03 bits per heavy atom. The van der Waals surface area contributed by atoms with Crippen LogP contribution in [0.4, 0.5) is 4.79 Å². The van der Waals surface area contributed by atoms with Crippen molar-refractivity contribution >= 4 is 23.0 Å². The van der Waals surface area contributed by atoms with E-state index in [1.807, 2.05) is 6.92 Å². The fourth-order valence-corrected chi connectivity index (χ4v) is 2.48. The molecule has 0 radical (unpaired) electrons. The SMILES string of the molecule is CCCOC(=O)c1ccc(Oc2coc3cc(OC(=O)N(C)C)ccc3c2=O)cc1. The highest BCUT2D eigenvalue weighted by Gasteiger charge is 2.13. The lowest BCUT2D eigenvalue weighted by Crippen LogP contribution is -2.25. The summed E-state index contributed by atoms with van der Waals surface area (Å²) in [5.74, 6) is 0.190. The number of amides is 1. The summed E-state index contributed by atoms with van der Waals surface area (Å²) in [4.78, 5) is 37.5. The molecule has 1 amide bonds. The Kier molecular flexibility index (Phi) is 6.36. The Balaban J connectivity index is 1.78. The number of rotatable bonds is 6. The lowest BCUT2D eigenvalue weighted by atomic mass is 10.2. The maximum absolute atomic E-state index is 12.7. The van der Waals surface area contributed by atoms with E-state index < -0.39 is 12.1 Å². The molecule has 1 aromatic heterocycles. The van der Waals surface area contributed by atoms with Crippen LogP contribution in [-0.2, 0) is 4.74 Å². The molecule has 0 unspecified atom stereocenters. The second-order valence-corrected chi connectivity index (χ2v) is 6.61. The number of carbonyl (C=O) groups is 2. The third-order valence-corrected chi connectivity index (χ3v) is 4.04. The molecule has 0 fully saturated rings. The van der Waals surface area contributed by atoms with Gasteiger partial charge in [-0.05, 0) is 42.8 Å². The van der Waals surface area contributed by atoms with Crippen LogP contribution in [0.3, 0.4) is 0 Å². The zero-order valence-electron chi connectivity index (χ0n) is 16.8. The topological polar surface area (TPSA) is 95.3 Å². The lowest BCUT2D eigenvalue weighted by molar-refractivity contribution is 0.0505. The van der Waals surface area contributed by atoms with Crippen molar-refractivity contribution in [2.24, 2.45) is 0 Å². The Hall–Kier alpha value is -3.81. The number of hydrogen-bond acceptors (Lipinski definition) is 7. The zero-order valence-corrected chi connectivity index (χ0v) is 16.8. The third-order valence-electron chi connectivity index (χ3n) is 4.04. The first-order valence-corrected chi connectivity index (χ1v) is 9.28. The van der Waals surface area contributed by atoms with Crippen molar-refractivity contribution in [2.45, 2.75) is 13.3 Å². The van der Waals surface area contributed by atoms with Gasteiger partial charge in [0.15, 0.2) is 0 Å². The van der Waals surface area contributed by atoms with E-state index in [1.54, 1.807) is 38.4 Å². The van der Waals surface area contributed by atoms with Crippen LogP contribution in [0.5, 0.6) is 17.2 Å². The molecule has 0 saturated heterocycles. The quantitative estimate of drug-likeness (QED) is 0.561. The van der Waals surface area contributed by atoms with Gasteiger partial charge in [-0.3, -0.25) is 4.79 Å². The van der Waals surface area contributed by atoms with Crippen molar-refractivity contribution in [2.75, 3.05) is 20.7 Å². The van der Waals surface area contributed by atoms with E-state index in [1.165, 1.54) is 29.4 Å². The summed E-state index contributed by atoms with van der Waals surface area (Å²) in [5.41, 5.74) is 0.264. The lowest BCUT2D eigenvalue weighted by Gasteiger charge is -2.11. The molecular weight excluding hydrogens is 390 g/mol. The number of fused-ring (bicyclic) bond motifs is 1. The molecule has 30 heavy (non-hydrogen) atoms. The fourth-order valence-electron chi connectivity index (χ4n) is 2.48. The summed E-state index contributed by atoms with van der Waals surface area (Å²) < 4.78 is 21.3. The van der Waals surface area contributed by atoms with E-state index in [0.29, 0.717) is 17.9 Å². The summed E-state index contributed by atoms with van der Waals surface area (Å²) in [6.45, 7) is 2.27. The smallest absolute Gasteiger partial charge is 0.414 e. The van der Waals surface area contributed by atoms with Gasteiger partial charge in [-0.2, -0.15) is 0 Å². The van der Waals surface area contributed by atoms with Gasteiger partial charge >= 0.3 is 12.1 Å². The molecule has 0 aliphatic heterocycles. The fraction of sp³-hybridized carbons (Fsp3) is 0.227. The van der Waals surface area contributed by atoms with Crippen LogP contribution >= 0.6 is 0 Å². The highest BCUT2D eigenvalue weighted by atomic mass is 16.6. The van der Waals surface area contributed by atoms with Crippen LogP contribution in [0.2, 0.25) is 0 Å². The van der Waals surface area contributed by atoms with Gasteiger partial charge in [0.25, 0.3) is 0 Å². The van der Waals surface area contributed by atoms with Crippen molar-refractivity contribution in [3.8, 4) is 17.2 Å². The molecule has 0 aliphatic rings. The molecule has 0 aliphatic carbocycles. The van der Waals surface area contributed by atoms with Crippen LogP contribution in [0.1, 0.15) is 23.7 Å². The van der Waals surface area contributed by atoms with Crippen molar-refractivity contribution < 1.29 is 28.2 Å². The number of esters is 1. The number of carbonyl (C=O) groups excluding carboxylic acids is 2. The van der Waals surface area contributed by atoms with Crippen LogP contribution < -0.4 is 14.9 Å². The summed E-state index contributed by atoms with van der Waals surface area (Å²) in [5, 5.41) is 0.275. The minimum Gasteiger partial charge on any atom is -0.462 e. The van der Waals surface area contributed by atoms with Gasteiger partial charge in [0.1, 0.15) is 23.3 Å². The summed E-state index contributed by atoms with van der Waals surface area (Å²) in [6.07, 6.45) is 1.38. The van der Waals surface area contributed by atoms with E-state index in [-0.39, 0.29) is 27.9 Å². The molecule has 1 heterocycles. The first-order valence-electron chi connectivity index (χ1n) is 9.28. The largest absolute Gasteiger partial charge is 0.462 e. The van der Waals surface area contributed by atoms with Gasteiger partial charge in [0, 0.05) is 20.2 Å². The van der Waals surface area contributed by atoms with E-state index in [2.05, 4.69) is 0 Å². The zero-order chi connectivity index (χ0) is 21.7. The minimum absolute atomic E-state index is 0.0122. The second-order valence-electron chi connectivity index (χ2n) is 6.61. The van der Waals surface area contributed by atoms with Crippen molar-refractivity contribution in [1.82, 2.24) is 4.90 Å². The van der Waals surface area contributed by atoms with Gasteiger partial charge < -0.3 is 23.5 Å². The van der Waals surface area contributed by atoms with Crippen molar-refractivity contribution in [3.05, 3.63) is 64.5 Å². The number of ether oxygens (including phenoxy) is 3. The third kappa shape index (κ3) is 4.78. The van der Waals surface area contributed by atoms with Crippen LogP contribution in [0.25, 0.3) is 11.0 Å². The van der Waals surface area contributed by atoms with Gasteiger partial charge in [-0.1, -0.05) is 6.92 Å². The number of hydrogen-bond donors (Lipinski definition) is 0.